The van der Waals surface area contributed by atoms with Gasteiger partial charge in [-0.15, -0.1) is 11.3 Å². The first-order valence-corrected chi connectivity index (χ1v) is 10.1. The lowest BCUT2D eigenvalue weighted by Crippen LogP contribution is -2.48. The van der Waals surface area contributed by atoms with Gasteiger partial charge in [0.25, 0.3) is 0 Å². The number of carboxylic acid groups (broad SMARTS) is 2. The van der Waals surface area contributed by atoms with Gasteiger partial charge in [-0.05, 0) is 36.1 Å². The normalized spacial score (nSPS) is 15.1. The van der Waals surface area contributed by atoms with E-state index in [-0.39, 0.29) is 12.3 Å². The third-order valence-corrected chi connectivity index (χ3v) is 5.55. The minimum atomic E-state index is -1.08. The third-order valence-electron chi connectivity index (χ3n) is 4.61. The van der Waals surface area contributed by atoms with E-state index in [1.54, 1.807) is 0 Å². The molecule has 0 bridgehead atoms. The molecule has 3 N–H and O–H groups in total. The van der Waals surface area contributed by atoms with Crippen molar-refractivity contribution >= 4 is 23.3 Å². The maximum atomic E-state index is 11.7. The molecule has 8 heteroatoms. The zero-order valence-electron chi connectivity index (χ0n) is 15.8. The Kier molecular flexibility index (Phi) is 6.31. The van der Waals surface area contributed by atoms with E-state index in [1.165, 1.54) is 11.3 Å². The molecular weight excluding hydrogens is 380 g/mol. The molecule has 2 unspecified atom stereocenters. The third kappa shape index (κ3) is 4.88. The van der Waals surface area contributed by atoms with Gasteiger partial charge in [0.05, 0.1) is 12.3 Å². The standard InChI is InChI=1S/C20H24N2O5S/c1-11(2)7-15(19(23)24)22-16(20(25)26)9-14-10-28-18(21-14)13-3-4-17-12(8-13)5-6-27-17/h3-4,8,10-11,15-16,22H,5-7,9H2,1-2H3,(H,23,24)(H,25,26). The van der Waals surface area contributed by atoms with E-state index in [2.05, 4.69) is 16.4 Å². The highest BCUT2D eigenvalue weighted by molar-refractivity contribution is 7.13. The van der Waals surface area contributed by atoms with E-state index in [1.807, 2.05) is 31.4 Å². The summed E-state index contributed by atoms with van der Waals surface area (Å²) < 4.78 is 5.52. The lowest BCUT2D eigenvalue weighted by Gasteiger charge is -2.21. The van der Waals surface area contributed by atoms with Gasteiger partial charge >= 0.3 is 11.9 Å². The summed E-state index contributed by atoms with van der Waals surface area (Å²) in [4.78, 5) is 27.7. The maximum absolute atomic E-state index is 11.7. The molecule has 0 saturated heterocycles. The minimum absolute atomic E-state index is 0.127. The Morgan fingerprint density at radius 2 is 2.00 bits per heavy atom. The smallest absolute Gasteiger partial charge is 0.321 e. The Labute approximate surface area is 167 Å². The van der Waals surface area contributed by atoms with Crippen LogP contribution in [0.3, 0.4) is 0 Å². The van der Waals surface area contributed by atoms with Crippen LogP contribution in [0.25, 0.3) is 10.6 Å². The lowest BCUT2D eigenvalue weighted by atomic mass is 10.0. The molecule has 0 spiro atoms. The molecule has 2 heterocycles. The number of carboxylic acids is 2. The van der Waals surface area contributed by atoms with Crippen LogP contribution < -0.4 is 10.1 Å². The van der Waals surface area contributed by atoms with E-state index in [0.717, 1.165) is 28.3 Å². The summed E-state index contributed by atoms with van der Waals surface area (Å²) in [7, 11) is 0. The number of nitrogens with zero attached hydrogens (tertiary/aromatic N) is 1. The van der Waals surface area contributed by atoms with Crippen LogP contribution in [0, 0.1) is 5.92 Å². The Morgan fingerprint density at radius 1 is 1.25 bits per heavy atom. The van der Waals surface area contributed by atoms with Gasteiger partial charge in [-0.3, -0.25) is 14.9 Å². The van der Waals surface area contributed by atoms with E-state index in [0.29, 0.717) is 18.7 Å². The molecule has 1 aliphatic heterocycles. The Balaban J connectivity index is 1.72. The number of hydrogen-bond donors (Lipinski definition) is 3. The maximum Gasteiger partial charge on any atom is 0.321 e. The summed E-state index contributed by atoms with van der Waals surface area (Å²) in [6.45, 7) is 4.50. The summed E-state index contributed by atoms with van der Waals surface area (Å²) in [5.41, 5.74) is 2.76. The van der Waals surface area contributed by atoms with Gasteiger partial charge in [-0.25, -0.2) is 4.98 Å². The molecular formula is C20H24N2O5S. The number of ether oxygens (including phenoxy) is 1. The van der Waals surface area contributed by atoms with Crippen molar-refractivity contribution in [1.29, 1.82) is 0 Å². The number of carbonyl (C=O) groups is 2. The first-order chi connectivity index (χ1) is 13.3. The topological polar surface area (TPSA) is 109 Å². The first kappa shape index (κ1) is 20.3. The van der Waals surface area contributed by atoms with Crippen LogP contribution >= 0.6 is 11.3 Å². The van der Waals surface area contributed by atoms with Crippen LogP contribution in [0.4, 0.5) is 0 Å². The highest BCUT2D eigenvalue weighted by Crippen LogP contribution is 2.32. The van der Waals surface area contributed by atoms with Gasteiger partial charge in [0.2, 0.25) is 0 Å². The Bertz CT molecular complexity index is 864. The second kappa shape index (κ2) is 8.70. The van der Waals surface area contributed by atoms with Gasteiger partial charge in [0.15, 0.2) is 0 Å². The van der Waals surface area contributed by atoms with Crippen molar-refractivity contribution in [2.24, 2.45) is 5.92 Å². The van der Waals surface area contributed by atoms with Crippen LogP contribution in [0.5, 0.6) is 5.75 Å². The highest BCUT2D eigenvalue weighted by atomic mass is 32.1. The van der Waals surface area contributed by atoms with E-state index < -0.39 is 24.0 Å². The van der Waals surface area contributed by atoms with Crippen molar-refractivity contribution in [3.8, 4) is 16.3 Å². The molecule has 0 radical (unpaired) electrons. The number of aliphatic carboxylic acids is 2. The highest BCUT2D eigenvalue weighted by Gasteiger charge is 2.27. The summed E-state index contributed by atoms with van der Waals surface area (Å²) in [5, 5.41) is 24.3. The van der Waals surface area contributed by atoms with Crippen LogP contribution in [-0.4, -0.2) is 45.8 Å². The van der Waals surface area contributed by atoms with Crippen molar-refractivity contribution in [1.82, 2.24) is 10.3 Å². The summed E-state index contributed by atoms with van der Waals surface area (Å²) in [6, 6.07) is 4.02. The predicted octanol–water partition coefficient (Wildman–Crippen LogP) is 2.83. The molecule has 2 aromatic rings. The molecule has 0 aliphatic carbocycles. The second-order valence-electron chi connectivity index (χ2n) is 7.35. The van der Waals surface area contributed by atoms with Gasteiger partial charge in [0.1, 0.15) is 22.8 Å². The number of benzene rings is 1. The predicted molar refractivity (Wildman–Crippen MR) is 106 cm³/mol. The molecule has 28 heavy (non-hydrogen) atoms. The monoisotopic (exact) mass is 404 g/mol. The van der Waals surface area contributed by atoms with Crippen molar-refractivity contribution in [3.63, 3.8) is 0 Å². The molecule has 150 valence electrons. The van der Waals surface area contributed by atoms with Crippen LogP contribution in [-0.2, 0) is 22.4 Å². The zero-order chi connectivity index (χ0) is 20.3. The second-order valence-corrected chi connectivity index (χ2v) is 8.21. The van der Waals surface area contributed by atoms with Gasteiger partial charge in [-0.1, -0.05) is 13.8 Å². The first-order valence-electron chi connectivity index (χ1n) is 9.25. The summed E-state index contributed by atoms with van der Waals surface area (Å²) >= 11 is 1.45. The average Bonchev–Trinajstić information content (AvgIpc) is 3.28. The fraction of sp³-hybridized carbons (Fsp3) is 0.450. The summed E-state index contributed by atoms with van der Waals surface area (Å²) in [6.07, 6.45) is 1.36. The number of hydrogen-bond acceptors (Lipinski definition) is 6. The van der Waals surface area contributed by atoms with Crippen molar-refractivity contribution in [2.75, 3.05) is 6.61 Å². The van der Waals surface area contributed by atoms with Crippen LogP contribution in [0.1, 0.15) is 31.5 Å². The minimum Gasteiger partial charge on any atom is -0.493 e. The van der Waals surface area contributed by atoms with Crippen molar-refractivity contribution < 1.29 is 24.5 Å². The molecule has 7 nitrogen and oxygen atoms in total. The number of rotatable bonds is 9. The van der Waals surface area contributed by atoms with E-state index >= 15 is 0 Å². The molecule has 0 amide bonds. The molecule has 0 fully saturated rings. The van der Waals surface area contributed by atoms with E-state index in [9.17, 15) is 19.8 Å². The average molecular weight is 404 g/mol. The zero-order valence-corrected chi connectivity index (χ0v) is 16.7. The molecule has 3 rings (SSSR count). The SMILES string of the molecule is CC(C)CC(NC(Cc1csc(-c2ccc3c(c2)CCO3)n1)C(=O)O)C(=O)O. The molecule has 2 atom stereocenters. The molecule has 1 aromatic carbocycles. The number of fused-ring (bicyclic) bond motifs is 1. The van der Waals surface area contributed by atoms with Crippen molar-refractivity contribution in [2.45, 2.75) is 45.2 Å². The van der Waals surface area contributed by atoms with Crippen LogP contribution in [0.15, 0.2) is 23.6 Å². The number of aromatic nitrogens is 1. The Hall–Kier alpha value is -2.45. The molecule has 0 saturated carbocycles. The van der Waals surface area contributed by atoms with Gasteiger partial charge in [-0.2, -0.15) is 0 Å². The number of nitrogens with one attached hydrogen (secondary N) is 1. The fourth-order valence-corrected chi connectivity index (χ4v) is 4.06. The molecule has 1 aliphatic rings. The fourth-order valence-electron chi connectivity index (χ4n) is 3.23. The van der Waals surface area contributed by atoms with E-state index in [4.69, 9.17) is 4.74 Å². The van der Waals surface area contributed by atoms with Gasteiger partial charge in [0, 0.05) is 23.8 Å². The summed E-state index contributed by atoms with van der Waals surface area (Å²) in [5.74, 6) is -1.09. The van der Waals surface area contributed by atoms with Crippen LogP contribution in [0.2, 0.25) is 0 Å². The largest absolute Gasteiger partial charge is 0.493 e. The quantitative estimate of drug-likeness (QED) is 0.590. The lowest BCUT2D eigenvalue weighted by molar-refractivity contribution is -0.142. The van der Waals surface area contributed by atoms with Gasteiger partial charge < -0.3 is 14.9 Å². The molecule has 1 aromatic heterocycles. The Morgan fingerprint density at radius 3 is 2.68 bits per heavy atom. The number of thiazole rings is 1. The van der Waals surface area contributed by atoms with Crippen molar-refractivity contribution in [3.05, 3.63) is 34.8 Å².